The maximum absolute atomic E-state index is 11.7. The van der Waals surface area contributed by atoms with Crippen molar-refractivity contribution in [2.45, 2.75) is 18.4 Å². The van der Waals surface area contributed by atoms with E-state index in [0.717, 1.165) is 5.56 Å². The first-order valence-electron chi connectivity index (χ1n) is 6.59. The topological polar surface area (TPSA) is 58.6 Å². The van der Waals surface area contributed by atoms with E-state index in [1.807, 2.05) is 12.1 Å². The maximum Gasteiger partial charge on any atom is 0.244 e. The summed E-state index contributed by atoms with van der Waals surface area (Å²) in [4.78, 5) is 11.7. The zero-order valence-electron chi connectivity index (χ0n) is 11.1. The number of carbonyl (C=O) groups is 1. The second kappa shape index (κ2) is 6.88. The van der Waals surface area contributed by atoms with Crippen LogP contribution in [0.5, 0.6) is 0 Å². The molecule has 0 unspecified atom stereocenters. The molecular weight excluding hydrogens is 278 g/mol. The minimum absolute atomic E-state index is 0.232. The molecule has 1 aliphatic heterocycles. The van der Waals surface area contributed by atoms with Crippen LogP contribution in [0.25, 0.3) is 6.08 Å². The van der Waals surface area contributed by atoms with Crippen LogP contribution in [-0.2, 0) is 9.53 Å². The lowest BCUT2D eigenvalue weighted by molar-refractivity contribution is -0.119. The van der Waals surface area contributed by atoms with Crippen LogP contribution in [0.15, 0.2) is 30.3 Å². The molecule has 0 atom stereocenters. The van der Waals surface area contributed by atoms with Gasteiger partial charge in [0, 0.05) is 43.7 Å². The third-order valence-electron chi connectivity index (χ3n) is 3.29. The molecule has 1 aromatic rings. The van der Waals surface area contributed by atoms with E-state index in [9.17, 15) is 9.90 Å². The van der Waals surface area contributed by atoms with Gasteiger partial charge in [-0.2, -0.15) is 0 Å². The van der Waals surface area contributed by atoms with Crippen molar-refractivity contribution in [2.24, 2.45) is 0 Å². The Kier molecular flexibility index (Phi) is 5.17. The van der Waals surface area contributed by atoms with E-state index < -0.39 is 5.60 Å². The van der Waals surface area contributed by atoms with Crippen LogP contribution in [0.2, 0.25) is 5.02 Å². The van der Waals surface area contributed by atoms with Crippen molar-refractivity contribution in [3.8, 4) is 0 Å². The largest absolute Gasteiger partial charge is 0.388 e. The van der Waals surface area contributed by atoms with E-state index in [0.29, 0.717) is 31.1 Å². The van der Waals surface area contributed by atoms with Crippen LogP contribution in [0.3, 0.4) is 0 Å². The quantitative estimate of drug-likeness (QED) is 0.836. The first kappa shape index (κ1) is 15.0. The molecular formula is C15H18ClNO3. The highest BCUT2D eigenvalue weighted by atomic mass is 35.5. The van der Waals surface area contributed by atoms with Gasteiger partial charge in [0.2, 0.25) is 5.91 Å². The average molecular weight is 296 g/mol. The monoisotopic (exact) mass is 295 g/mol. The molecule has 0 aromatic heterocycles. The van der Waals surface area contributed by atoms with Gasteiger partial charge in [-0.25, -0.2) is 0 Å². The fourth-order valence-electron chi connectivity index (χ4n) is 2.02. The Labute approximate surface area is 123 Å². The number of nitrogens with one attached hydrogen (secondary N) is 1. The highest BCUT2D eigenvalue weighted by Gasteiger charge is 2.29. The first-order chi connectivity index (χ1) is 9.57. The summed E-state index contributed by atoms with van der Waals surface area (Å²) in [6.45, 7) is 1.31. The number of rotatable bonds is 4. The van der Waals surface area contributed by atoms with Crippen LogP contribution in [0.4, 0.5) is 0 Å². The van der Waals surface area contributed by atoms with Crippen molar-refractivity contribution >= 4 is 23.6 Å². The van der Waals surface area contributed by atoms with Gasteiger partial charge < -0.3 is 15.2 Å². The Morgan fingerprint density at radius 2 is 2.20 bits per heavy atom. The van der Waals surface area contributed by atoms with Gasteiger partial charge in [0.15, 0.2) is 0 Å². The van der Waals surface area contributed by atoms with Crippen molar-refractivity contribution in [1.29, 1.82) is 0 Å². The summed E-state index contributed by atoms with van der Waals surface area (Å²) in [6.07, 6.45) is 4.22. The van der Waals surface area contributed by atoms with Gasteiger partial charge in [-0.05, 0) is 23.8 Å². The number of ether oxygens (including phenoxy) is 1. The summed E-state index contributed by atoms with van der Waals surface area (Å²) in [7, 11) is 0. The SMILES string of the molecule is O=C(/C=C/c1cccc(Cl)c1)NCC1(O)CCOCC1. The molecule has 4 nitrogen and oxygen atoms in total. The zero-order valence-corrected chi connectivity index (χ0v) is 11.9. The van der Waals surface area contributed by atoms with Gasteiger partial charge in [-0.3, -0.25) is 4.79 Å². The molecule has 5 heteroatoms. The summed E-state index contributed by atoms with van der Waals surface area (Å²) >= 11 is 5.86. The van der Waals surface area contributed by atoms with Gasteiger partial charge >= 0.3 is 0 Å². The van der Waals surface area contributed by atoms with Crippen molar-refractivity contribution in [1.82, 2.24) is 5.32 Å². The van der Waals surface area contributed by atoms with Crippen molar-refractivity contribution in [3.05, 3.63) is 40.9 Å². The lowest BCUT2D eigenvalue weighted by atomic mass is 9.94. The molecule has 1 amide bonds. The van der Waals surface area contributed by atoms with Crippen molar-refractivity contribution in [3.63, 3.8) is 0 Å². The smallest absolute Gasteiger partial charge is 0.244 e. The van der Waals surface area contributed by atoms with Crippen molar-refractivity contribution in [2.75, 3.05) is 19.8 Å². The molecule has 1 heterocycles. The maximum atomic E-state index is 11.7. The Balaban J connectivity index is 1.83. The summed E-state index contributed by atoms with van der Waals surface area (Å²) in [5.41, 5.74) is 0.00933. The standard InChI is InChI=1S/C15H18ClNO3/c16-13-3-1-2-12(10-13)4-5-14(18)17-11-15(19)6-8-20-9-7-15/h1-5,10,19H,6-9,11H2,(H,17,18)/b5-4+. The number of benzene rings is 1. The van der Waals surface area contributed by atoms with Crippen LogP contribution in [0.1, 0.15) is 18.4 Å². The predicted molar refractivity (Wildman–Crippen MR) is 78.5 cm³/mol. The predicted octanol–water partition coefficient (Wildman–Crippen LogP) is 2.01. The number of halogens is 1. The number of hydrogen-bond donors (Lipinski definition) is 2. The Morgan fingerprint density at radius 3 is 2.90 bits per heavy atom. The number of aliphatic hydroxyl groups is 1. The normalized spacial score (nSPS) is 18.1. The molecule has 108 valence electrons. The number of carbonyl (C=O) groups excluding carboxylic acids is 1. The van der Waals surface area contributed by atoms with Crippen LogP contribution >= 0.6 is 11.6 Å². The van der Waals surface area contributed by atoms with Crippen LogP contribution in [-0.4, -0.2) is 36.4 Å². The van der Waals surface area contributed by atoms with E-state index in [4.69, 9.17) is 16.3 Å². The van der Waals surface area contributed by atoms with Crippen LogP contribution in [0, 0.1) is 0 Å². The van der Waals surface area contributed by atoms with Gasteiger partial charge in [0.25, 0.3) is 0 Å². The molecule has 0 bridgehead atoms. The third-order valence-corrected chi connectivity index (χ3v) is 3.53. The lowest BCUT2D eigenvalue weighted by Gasteiger charge is -2.31. The van der Waals surface area contributed by atoms with Gasteiger partial charge in [0.1, 0.15) is 0 Å². The summed E-state index contributed by atoms with van der Waals surface area (Å²) in [5, 5.41) is 13.5. The fraction of sp³-hybridized carbons (Fsp3) is 0.400. The molecule has 2 rings (SSSR count). The Morgan fingerprint density at radius 1 is 1.45 bits per heavy atom. The lowest BCUT2D eigenvalue weighted by Crippen LogP contribution is -2.46. The minimum atomic E-state index is -0.849. The molecule has 0 spiro atoms. The summed E-state index contributed by atoms with van der Waals surface area (Å²) in [5.74, 6) is -0.232. The zero-order chi connectivity index (χ0) is 14.4. The molecule has 1 aromatic carbocycles. The fourth-order valence-corrected chi connectivity index (χ4v) is 2.22. The molecule has 0 aliphatic carbocycles. The summed E-state index contributed by atoms with van der Waals surface area (Å²) < 4.78 is 5.19. The van der Waals surface area contributed by atoms with Gasteiger partial charge in [0.05, 0.1) is 5.60 Å². The van der Waals surface area contributed by atoms with Crippen LogP contribution < -0.4 is 5.32 Å². The molecule has 2 N–H and O–H groups in total. The third kappa shape index (κ3) is 4.63. The van der Waals surface area contributed by atoms with Gasteiger partial charge in [-0.15, -0.1) is 0 Å². The van der Waals surface area contributed by atoms with E-state index in [1.165, 1.54) is 6.08 Å². The Bertz CT molecular complexity index is 496. The molecule has 0 saturated carbocycles. The molecule has 0 radical (unpaired) electrons. The van der Waals surface area contributed by atoms with E-state index in [1.54, 1.807) is 18.2 Å². The number of hydrogen-bond acceptors (Lipinski definition) is 3. The minimum Gasteiger partial charge on any atom is -0.388 e. The van der Waals surface area contributed by atoms with Crippen molar-refractivity contribution < 1.29 is 14.6 Å². The highest BCUT2D eigenvalue weighted by molar-refractivity contribution is 6.30. The Hall–Kier alpha value is -1.36. The molecule has 20 heavy (non-hydrogen) atoms. The van der Waals surface area contributed by atoms with E-state index in [-0.39, 0.29) is 12.5 Å². The molecule has 1 aliphatic rings. The van der Waals surface area contributed by atoms with E-state index >= 15 is 0 Å². The van der Waals surface area contributed by atoms with E-state index in [2.05, 4.69) is 5.32 Å². The molecule has 1 saturated heterocycles. The van der Waals surface area contributed by atoms with Gasteiger partial charge in [-0.1, -0.05) is 23.7 Å². The second-order valence-corrected chi connectivity index (χ2v) is 5.38. The first-order valence-corrected chi connectivity index (χ1v) is 6.97. The number of amides is 1. The second-order valence-electron chi connectivity index (χ2n) is 4.94. The molecule has 1 fully saturated rings. The highest BCUT2D eigenvalue weighted by Crippen LogP contribution is 2.19. The average Bonchev–Trinajstić information content (AvgIpc) is 2.44. The summed E-state index contributed by atoms with van der Waals surface area (Å²) in [6, 6.07) is 7.24.